The molecule has 134 valence electrons. The molecule has 6 nitrogen and oxygen atoms in total. The number of hydrogen-bond acceptors (Lipinski definition) is 4. The van der Waals surface area contributed by atoms with Gasteiger partial charge in [-0.3, -0.25) is 4.90 Å². The Kier molecular flexibility index (Phi) is 7.02. The van der Waals surface area contributed by atoms with E-state index < -0.39 is 6.10 Å². The van der Waals surface area contributed by atoms with Crippen molar-refractivity contribution in [2.75, 3.05) is 58.7 Å². The number of carbonyl (C=O) groups is 1. The molecule has 1 aromatic rings. The molecule has 24 heavy (non-hydrogen) atoms. The maximum absolute atomic E-state index is 12.2. The van der Waals surface area contributed by atoms with E-state index in [1.165, 1.54) is 10.5 Å². The van der Waals surface area contributed by atoms with E-state index in [2.05, 4.69) is 29.1 Å². The zero-order chi connectivity index (χ0) is 17.5. The highest BCUT2D eigenvalue weighted by Gasteiger charge is 2.19. The van der Waals surface area contributed by atoms with Crippen LogP contribution in [-0.4, -0.2) is 85.3 Å². The molecule has 1 saturated heterocycles. The summed E-state index contributed by atoms with van der Waals surface area (Å²) in [5.41, 5.74) is 2.02. The monoisotopic (exact) mass is 334 g/mol. The van der Waals surface area contributed by atoms with Crippen LogP contribution in [0.3, 0.4) is 0 Å². The first-order chi connectivity index (χ1) is 11.5. The summed E-state index contributed by atoms with van der Waals surface area (Å²) >= 11 is 0. The number of aliphatic hydroxyl groups is 1. The van der Waals surface area contributed by atoms with Crippen LogP contribution < -0.4 is 5.32 Å². The Morgan fingerprint density at radius 2 is 1.88 bits per heavy atom. The maximum Gasteiger partial charge on any atom is 0.321 e. The Labute approximate surface area is 145 Å². The second-order valence-electron chi connectivity index (χ2n) is 6.62. The van der Waals surface area contributed by atoms with Crippen LogP contribution in [0.2, 0.25) is 0 Å². The molecule has 0 radical (unpaired) electrons. The van der Waals surface area contributed by atoms with E-state index in [0.29, 0.717) is 13.1 Å². The Morgan fingerprint density at radius 1 is 1.25 bits per heavy atom. The third-order valence-electron chi connectivity index (χ3n) is 4.51. The number of likely N-dealkylation sites (N-methyl/N-ethyl adjacent to an activating group) is 2. The smallest absolute Gasteiger partial charge is 0.321 e. The van der Waals surface area contributed by atoms with Gasteiger partial charge in [-0.25, -0.2) is 4.79 Å². The standard InChI is InChI=1S/C18H30N4O2/c1-4-15-5-7-16(8-6-15)19-18(24)21(3)13-17(23)14-22-11-9-20(2)10-12-22/h5-8,17,23H,4,9-14H2,1-3H3,(H,19,24)/t17-/m1/s1. The summed E-state index contributed by atoms with van der Waals surface area (Å²) in [7, 11) is 3.82. The normalized spacial score (nSPS) is 17.5. The molecule has 1 heterocycles. The van der Waals surface area contributed by atoms with E-state index in [1.54, 1.807) is 7.05 Å². The fraction of sp³-hybridized carbons (Fsp3) is 0.611. The number of β-amino-alcohol motifs (C(OH)–C–C–N with tert-alkyl or cyclic N) is 1. The van der Waals surface area contributed by atoms with Crippen molar-refractivity contribution < 1.29 is 9.90 Å². The summed E-state index contributed by atoms with van der Waals surface area (Å²) in [6.07, 6.45) is 0.443. The fourth-order valence-electron chi connectivity index (χ4n) is 2.83. The van der Waals surface area contributed by atoms with Crippen molar-refractivity contribution in [2.24, 2.45) is 0 Å². The van der Waals surface area contributed by atoms with Crippen LogP contribution in [-0.2, 0) is 6.42 Å². The second-order valence-corrected chi connectivity index (χ2v) is 6.62. The van der Waals surface area contributed by atoms with Crippen molar-refractivity contribution in [3.05, 3.63) is 29.8 Å². The number of nitrogens with one attached hydrogen (secondary N) is 1. The summed E-state index contributed by atoms with van der Waals surface area (Å²) in [6.45, 7) is 7.01. The first-order valence-electron chi connectivity index (χ1n) is 8.68. The number of piperazine rings is 1. The van der Waals surface area contributed by atoms with Crippen LogP contribution in [0.5, 0.6) is 0 Å². The number of nitrogens with zero attached hydrogens (tertiary/aromatic N) is 3. The minimum absolute atomic E-state index is 0.198. The van der Waals surface area contributed by atoms with Crippen molar-refractivity contribution in [3.8, 4) is 0 Å². The molecule has 1 aliphatic rings. The Balaban J connectivity index is 1.75. The molecule has 6 heteroatoms. The fourth-order valence-corrected chi connectivity index (χ4v) is 2.83. The van der Waals surface area contributed by atoms with E-state index in [1.807, 2.05) is 24.3 Å². The Morgan fingerprint density at radius 3 is 2.46 bits per heavy atom. The Bertz CT molecular complexity index is 512. The number of rotatable bonds is 6. The molecule has 0 bridgehead atoms. The van der Waals surface area contributed by atoms with Gasteiger partial charge in [0.05, 0.1) is 6.10 Å². The molecular formula is C18H30N4O2. The summed E-state index contributed by atoms with van der Waals surface area (Å²) in [4.78, 5) is 18.3. The molecule has 2 amide bonds. The molecular weight excluding hydrogens is 304 g/mol. The zero-order valence-electron chi connectivity index (χ0n) is 15.0. The summed E-state index contributed by atoms with van der Waals surface area (Å²) in [5, 5.41) is 13.1. The van der Waals surface area contributed by atoms with Crippen molar-refractivity contribution in [2.45, 2.75) is 19.4 Å². The third-order valence-corrected chi connectivity index (χ3v) is 4.51. The van der Waals surface area contributed by atoms with Crippen molar-refractivity contribution in [1.29, 1.82) is 0 Å². The number of hydrogen-bond donors (Lipinski definition) is 2. The van der Waals surface area contributed by atoms with Crippen LogP contribution >= 0.6 is 0 Å². The van der Waals surface area contributed by atoms with E-state index in [-0.39, 0.29) is 6.03 Å². The predicted octanol–water partition coefficient (Wildman–Crippen LogP) is 1.32. The van der Waals surface area contributed by atoms with Gasteiger partial charge < -0.3 is 20.2 Å². The number of aliphatic hydroxyl groups excluding tert-OH is 1. The highest BCUT2D eigenvalue weighted by Crippen LogP contribution is 2.11. The topological polar surface area (TPSA) is 59.1 Å². The lowest BCUT2D eigenvalue weighted by atomic mass is 10.1. The molecule has 2 N–H and O–H groups in total. The van der Waals surface area contributed by atoms with E-state index >= 15 is 0 Å². The lowest BCUT2D eigenvalue weighted by Gasteiger charge is -2.34. The van der Waals surface area contributed by atoms with Gasteiger partial charge in [0.25, 0.3) is 0 Å². The first kappa shape index (κ1) is 18.7. The van der Waals surface area contributed by atoms with Gasteiger partial charge >= 0.3 is 6.03 Å². The summed E-state index contributed by atoms with van der Waals surface area (Å²) < 4.78 is 0. The van der Waals surface area contributed by atoms with Crippen LogP contribution in [0, 0.1) is 0 Å². The lowest BCUT2D eigenvalue weighted by Crippen LogP contribution is -2.49. The minimum atomic E-state index is -0.536. The number of benzene rings is 1. The van der Waals surface area contributed by atoms with Crippen LogP contribution in [0.25, 0.3) is 0 Å². The molecule has 0 unspecified atom stereocenters. The number of urea groups is 1. The molecule has 1 aromatic carbocycles. The molecule has 1 fully saturated rings. The van der Waals surface area contributed by atoms with Crippen molar-refractivity contribution >= 4 is 11.7 Å². The van der Waals surface area contributed by atoms with E-state index in [0.717, 1.165) is 38.3 Å². The van der Waals surface area contributed by atoms with Gasteiger partial charge in [-0.1, -0.05) is 19.1 Å². The van der Waals surface area contributed by atoms with E-state index in [4.69, 9.17) is 0 Å². The average molecular weight is 334 g/mol. The number of carbonyl (C=O) groups excluding carboxylic acids is 1. The highest BCUT2D eigenvalue weighted by atomic mass is 16.3. The molecule has 0 saturated carbocycles. The van der Waals surface area contributed by atoms with Gasteiger partial charge in [0.15, 0.2) is 0 Å². The zero-order valence-corrected chi connectivity index (χ0v) is 15.0. The molecule has 0 aromatic heterocycles. The average Bonchev–Trinajstić information content (AvgIpc) is 2.57. The number of amides is 2. The van der Waals surface area contributed by atoms with Crippen LogP contribution in [0.1, 0.15) is 12.5 Å². The van der Waals surface area contributed by atoms with Gasteiger partial charge in [0, 0.05) is 52.0 Å². The number of aryl methyl sites for hydroxylation is 1. The van der Waals surface area contributed by atoms with Crippen LogP contribution in [0.15, 0.2) is 24.3 Å². The maximum atomic E-state index is 12.2. The summed E-state index contributed by atoms with van der Waals surface area (Å²) in [5.74, 6) is 0. The predicted molar refractivity (Wildman–Crippen MR) is 97.4 cm³/mol. The van der Waals surface area contributed by atoms with E-state index in [9.17, 15) is 9.90 Å². The quantitative estimate of drug-likeness (QED) is 0.824. The van der Waals surface area contributed by atoms with Gasteiger partial charge in [-0.2, -0.15) is 0 Å². The van der Waals surface area contributed by atoms with Gasteiger partial charge in [0.2, 0.25) is 0 Å². The Hall–Kier alpha value is -1.63. The SMILES string of the molecule is CCc1ccc(NC(=O)N(C)C[C@@H](O)CN2CCN(C)CC2)cc1. The molecule has 0 aliphatic carbocycles. The molecule has 0 spiro atoms. The number of anilines is 1. The second kappa shape index (κ2) is 9.01. The molecule has 2 rings (SSSR count). The first-order valence-corrected chi connectivity index (χ1v) is 8.68. The van der Waals surface area contributed by atoms with Crippen LogP contribution in [0.4, 0.5) is 10.5 Å². The van der Waals surface area contributed by atoms with Gasteiger partial charge in [0.1, 0.15) is 0 Å². The van der Waals surface area contributed by atoms with Crippen molar-refractivity contribution in [1.82, 2.24) is 14.7 Å². The van der Waals surface area contributed by atoms with Gasteiger partial charge in [-0.05, 0) is 31.2 Å². The van der Waals surface area contributed by atoms with Gasteiger partial charge in [-0.15, -0.1) is 0 Å². The largest absolute Gasteiger partial charge is 0.390 e. The minimum Gasteiger partial charge on any atom is -0.390 e. The summed E-state index contributed by atoms with van der Waals surface area (Å²) in [6, 6.07) is 7.64. The highest BCUT2D eigenvalue weighted by molar-refractivity contribution is 5.89. The third kappa shape index (κ3) is 5.78. The molecule has 1 atom stereocenters. The molecule has 1 aliphatic heterocycles. The van der Waals surface area contributed by atoms with Crippen molar-refractivity contribution in [3.63, 3.8) is 0 Å². The lowest BCUT2D eigenvalue weighted by molar-refractivity contribution is 0.0670.